The van der Waals surface area contributed by atoms with Gasteiger partial charge in [0.05, 0.1) is 25.6 Å². The average molecular weight is 326 g/mol. The van der Waals surface area contributed by atoms with Gasteiger partial charge in [-0.2, -0.15) is 0 Å². The normalized spacial score (nSPS) is 20.8. The van der Waals surface area contributed by atoms with Gasteiger partial charge in [-0.1, -0.05) is 29.8 Å². The number of nitrogens with one attached hydrogen (secondary N) is 2. The lowest BCUT2D eigenvalue weighted by atomic mass is 9.98. The van der Waals surface area contributed by atoms with E-state index >= 15 is 0 Å². The molecule has 2 unspecified atom stereocenters. The van der Waals surface area contributed by atoms with Crippen molar-refractivity contribution in [2.45, 2.75) is 31.2 Å². The number of rotatable bonds is 5. The molecule has 1 saturated heterocycles. The van der Waals surface area contributed by atoms with Crippen LogP contribution in [0.4, 0.5) is 8.78 Å². The van der Waals surface area contributed by atoms with E-state index in [0.29, 0.717) is 5.56 Å². The Morgan fingerprint density at radius 1 is 1.39 bits per heavy atom. The molecule has 2 N–H and O–H groups in total. The number of amides is 1. The summed E-state index contributed by atoms with van der Waals surface area (Å²) in [6, 6.07) is 6.33. The summed E-state index contributed by atoms with van der Waals surface area (Å²) < 4.78 is 31.0. The zero-order chi connectivity index (χ0) is 17.0. The minimum absolute atomic E-state index is 0.00167. The maximum Gasteiger partial charge on any atom is 0.314 e. The van der Waals surface area contributed by atoms with Crippen molar-refractivity contribution in [3.63, 3.8) is 0 Å². The van der Waals surface area contributed by atoms with Crippen LogP contribution in [0.1, 0.15) is 23.5 Å². The molecule has 0 aliphatic carbocycles. The predicted molar refractivity (Wildman–Crippen MR) is 80.3 cm³/mol. The van der Waals surface area contributed by atoms with Gasteiger partial charge in [0.15, 0.2) is 0 Å². The third-order valence-electron chi connectivity index (χ3n) is 3.87. The molecular formula is C16H20F2N2O3. The molecule has 0 radical (unpaired) electrons. The van der Waals surface area contributed by atoms with E-state index in [0.717, 1.165) is 5.56 Å². The molecular weight excluding hydrogens is 306 g/mol. The average Bonchev–Trinajstić information content (AvgIpc) is 2.88. The van der Waals surface area contributed by atoms with E-state index in [1.54, 1.807) is 12.1 Å². The van der Waals surface area contributed by atoms with Crippen molar-refractivity contribution in [2.24, 2.45) is 0 Å². The first-order valence-electron chi connectivity index (χ1n) is 7.36. The first-order chi connectivity index (χ1) is 10.8. The maximum absolute atomic E-state index is 13.1. The van der Waals surface area contributed by atoms with Crippen molar-refractivity contribution in [3.8, 4) is 0 Å². The number of halogens is 2. The van der Waals surface area contributed by atoms with Crippen LogP contribution in [0.3, 0.4) is 0 Å². The molecule has 0 spiro atoms. The van der Waals surface area contributed by atoms with Crippen LogP contribution < -0.4 is 10.6 Å². The molecule has 0 aromatic heterocycles. The van der Waals surface area contributed by atoms with Crippen molar-refractivity contribution in [1.82, 2.24) is 10.6 Å². The molecule has 1 amide bonds. The Bertz CT molecular complexity index is 575. The summed E-state index contributed by atoms with van der Waals surface area (Å²) in [6.07, 6.45) is -0.535. The number of esters is 1. The first-order valence-corrected chi connectivity index (χ1v) is 7.36. The van der Waals surface area contributed by atoms with Crippen molar-refractivity contribution in [2.75, 3.05) is 20.2 Å². The smallest absolute Gasteiger partial charge is 0.314 e. The Kier molecular flexibility index (Phi) is 5.30. The Morgan fingerprint density at radius 2 is 2.04 bits per heavy atom. The van der Waals surface area contributed by atoms with E-state index in [-0.39, 0.29) is 6.54 Å². The van der Waals surface area contributed by atoms with E-state index in [4.69, 9.17) is 4.74 Å². The molecule has 1 fully saturated rings. The van der Waals surface area contributed by atoms with Crippen LogP contribution in [0.15, 0.2) is 24.3 Å². The number of benzene rings is 1. The largest absolute Gasteiger partial charge is 0.468 e. The fraction of sp³-hybridized carbons (Fsp3) is 0.500. The summed E-state index contributed by atoms with van der Waals surface area (Å²) in [7, 11) is 1.27. The second-order valence-electron chi connectivity index (χ2n) is 5.73. The third kappa shape index (κ3) is 4.48. The van der Waals surface area contributed by atoms with Gasteiger partial charge in [0, 0.05) is 13.0 Å². The van der Waals surface area contributed by atoms with E-state index in [1.807, 2.05) is 19.1 Å². The zero-order valence-electron chi connectivity index (χ0n) is 13.1. The van der Waals surface area contributed by atoms with Gasteiger partial charge >= 0.3 is 5.97 Å². The summed E-state index contributed by atoms with van der Waals surface area (Å²) in [6.45, 7) is 1.41. The Hall–Kier alpha value is -2.02. The summed E-state index contributed by atoms with van der Waals surface area (Å²) in [5, 5.41) is 5.04. The number of ether oxygens (including phenoxy) is 1. The van der Waals surface area contributed by atoms with E-state index in [2.05, 4.69) is 10.6 Å². The molecule has 0 saturated carbocycles. The summed E-state index contributed by atoms with van der Waals surface area (Å²) in [4.78, 5) is 23.9. The predicted octanol–water partition coefficient (Wildman–Crippen LogP) is 1.37. The molecule has 1 aromatic rings. The molecule has 0 bridgehead atoms. The van der Waals surface area contributed by atoms with Crippen LogP contribution >= 0.6 is 0 Å². The summed E-state index contributed by atoms with van der Waals surface area (Å²) in [5.74, 6) is -4.57. The van der Waals surface area contributed by atoms with Gasteiger partial charge in [-0.25, -0.2) is 8.78 Å². The molecule has 1 aromatic carbocycles. The van der Waals surface area contributed by atoms with Gasteiger partial charge in [-0.05, 0) is 12.5 Å². The van der Waals surface area contributed by atoms with E-state index in [1.165, 1.54) is 7.11 Å². The van der Waals surface area contributed by atoms with E-state index < -0.39 is 42.7 Å². The van der Waals surface area contributed by atoms with Crippen LogP contribution in [0.2, 0.25) is 0 Å². The fourth-order valence-corrected chi connectivity index (χ4v) is 2.51. The van der Waals surface area contributed by atoms with Gasteiger partial charge in [0.2, 0.25) is 5.91 Å². The second kappa shape index (κ2) is 7.04. The standard InChI is InChI=1S/C16H20F2N2O3/c1-10-3-5-11(6-4-10)12(15(22)23-2)8-19-14(21)13-7-16(17,18)9-20-13/h3-6,12-13,20H,7-9H2,1-2H3,(H,19,21). The fourth-order valence-electron chi connectivity index (χ4n) is 2.51. The third-order valence-corrected chi connectivity index (χ3v) is 3.87. The molecule has 2 atom stereocenters. The van der Waals surface area contributed by atoms with Crippen LogP contribution in [-0.4, -0.2) is 44.0 Å². The first kappa shape index (κ1) is 17.3. The maximum atomic E-state index is 13.1. The van der Waals surface area contributed by atoms with Crippen molar-refractivity contribution in [3.05, 3.63) is 35.4 Å². The second-order valence-corrected chi connectivity index (χ2v) is 5.73. The van der Waals surface area contributed by atoms with Gasteiger partial charge in [0.25, 0.3) is 5.92 Å². The van der Waals surface area contributed by atoms with Crippen LogP contribution in [0.25, 0.3) is 0 Å². The van der Waals surface area contributed by atoms with Gasteiger partial charge in [-0.15, -0.1) is 0 Å². The van der Waals surface area contributed by atoms with E-state index in [9.17, 15) is 18.4 Å². The summed E-state index contributed by atoms with van der Waals surface area (Å²) >= 11 is 0. The van der Waals surface area contributed by atoms with Crippen LogP contribution in [0.5, 0.6) is 0 Å². The molecule has 23 heavy (non-hydrogen) atoms. The Balaban J connectivity index is 2.00. The highest BCUT2D eigenvalue weighted by atomic mass is 19.3. The number of methoxy groups -OCH3 is 1. The molecule has 2 rings (SSSR count). The molecule has 5 nitrogen and oxygen atoms in total. The monoisotopic (exact) mass is 326 g/mol. The Morgan fingerprint density at radius 3 is 2.57 bits per heavy atom. The molecule has 1 aliphatic rings. The molecule has 7 heteroatoms. The Labute approximate surface area is 133 Å². The zero-order valence-corrected chi connectivity index (χ0v) is 13.1. The number of carbonyl (C=O) groups is 2. The molecule has 1 aliphatic heterocycles. The lowest BCUT2D eigenvalue weighted by Crippen LogP contribution is -2.42. The molecule has 1 heterocycles. The topological polar surface area (TPSA) is 67.4 Å². The number of alkyl halides is 2. The lowest BCUT2D eigenvalue weighted by Gasteiger charge is -2.18. The van der Waals surface area contributed by atoms with Gasteiger partial charge < -0.3 is 10.1 Å². The highest BCUT2D eigenvalue weighted by Crippen LogP contribution is 2.25. The number of hydrogen-bond donors (Lipinski definition) is 2. The van der Waals surface area contributed by atoms with Crippen molar-refractivity contribution < 1.29 is 23.1 Å². The molecule has 126 valence electrons. The van der Waals surface area contributed by atoms with Crippen molar-refractivity contribution >= 4 is 11.9 Å². The quantitative estimate of drug-likeness (QED) is 0.802. The van der Waals surface area contributed by atoms with Crippen LogP contribution in [0, 0.1) is 6.92 Å². The SMILES string of the molecule is COC(=O)C(CNC(=O)C1CC(F)(F)CN1)c1ccc(C)cc1. The number of hydrogen-bond acceptors (Lipinski definition) is 4. The number of carbonyl (C=O) groups excluding carboxylic acids is 2. The van der Waals surface area contributed by atoms with Crippen molar-refractivity contribution in [1.29, 1.82) is 0 Å². The minimum atomic E-state index is -2.87. The highest BCUT2D eigenvalue weighted by molar-refractivity contribution is 5.84. The van der Waals surface area contributed by atoms with Crippen LogP contribution in [-0.2, 0) is 14.3 Å². The van der Waals surface area contributed by atoms with Gasteiger partial charge in [-0.3, -0.25) is 14.9 Å². The lowest BCUT2D eigenvalue weighted by molar-refractivity contribution is -0.142. The minimum Gasteiger partial charge on any atom is -0.468 e. The summed E-state index contributed by atoms with van der Waals surface area (Å²) in [5.41, 5.74) is 1.74. The van der Waals surface area contributed by atoms with Gasteiger partial charge in [0.1, 0.15) is 0 Å². The number of aryl methyl sites for hydroxylation is 1. The highest BCUT2D eigenvalue weighted by Gasteiger charge is 2.42.